The minimum absolute atomic E-state index is 0.265. The summed E-state index contributed by atoms with van der Waals surface area (Å²) in [6.07, 6.45) is 3.10. The van der Waals surface area contributed by atoms with Gasteiger partial charge < -0.3 is 10.3 Å². The predicted molar refractivity (Wildman–Crippen MR) is 81.5 cm³/mol. The summed E-state index contributed by atoms with van der Waals surface area (Å²) in [5.74, 6) is 0.0988. The van der Waals surface area contributed by atoms with E-state index in [-0.39, 0.29) is 5.91 Å². The number of nitrogens with one attached hydrogen (secondary N) is 2. The maximum Gasteiger partial charge on any atom is 0.256 e. The molecule has 2 heterocycles. The molecule has 0 atom stereocenters. The molecular formula is C12H7Br2N5O. The lowest BCUT2D eigenvalue weighted by molar-refractivity contribution is 0.102. The minimum Gasteiger partial charge on any atom is -0.345 e. The van der Waals surface area contributed by atoms with Crippen LogP contribution in [0.15, 0.2) is 39.9 Å². The van der Waals surface area contributed by atoms with Gasteiger partial charge in [-0.25, -0.2) is 15.0 Å². The van der Waals surface area contributed by atoms with Crippen LogP contribution in [0.1, 0.15) is 10.4 Å². The van der Waals surface area contributed by atoms with Gasteiger partial charge in [0.1, 0.15) is 9.21 Å². The minimum atomic E-state index is -0.265. The van der Waals surface area contributed by atoms with Crippen LogP contribution in [0.2, 0.25) is 0 Å². The zero-order valence-corrected chi connectivity index (χ0v) is 13.1. The molecule has 0 aliphatic carbocycles. The van der Waals surface area contributed by atoms with Gasteiger partial charge in [-0.2, -0.15) is 0 Å². The zero-order chi connectivity index (χ0) is 14.1. The van der Waals surface area contributed by atoms with E-state index in [0.29, 0.717) is 20.6 Å². The Morgan fingerprint density at radius 3 is 2.90 bits per heavy atom. The molecule has 20 heavy (non-hydrogen) atoms. The number of aromatic amines is 1. The molecule has 2 aromatic heterocycles. The molecule has 3 aromatic rings. The highest BCUT2D eigenvalue weighted by Crippen LogP contribution is 2.20. The molecule has 1 amide bonds. The molecule has 1 aromatic carbocycles. The summed E-state index contributed by atoms with van der Waals surface area (Å²) in [6.45, 7) is 0. The van der Waals surface area contributed by atoms with Crippen LogP contribution >= 0.6 is 31.9 Å². The predicted octanol–water partition coefficient (Wildman–Crippen LogP) is 3.13. The molecular weight excluding hydrogens is 390 g/mol. The third-order valence-electron chi connectivity index (χ3n) is 2.61. The number of H-pyrrole nitrogens is 1. The third-order valence-corrected chi connectivity index (χ3v) is 3.55. The molecule has 0 saturated heterocycles. The number of hydrogen-bond donors (Lipinski definition) is 2. The Bertz CT molecular complexity index is 801. The summed E-state index contributed by atoms with van der Waals surface area (Å²) in [7, 11) is 0. The smallest absolute Gasteiger partial charge is 0.256 e. The maximum absolute atomic E-state index is 12.2. The maximum atomic E-state index is 12.2. The van der Waals surface area contributed by atoms with Crippen molar-refractivity contribution in [3.8, 4) is 0 Å². The number of nitrogens with zero attached hydrogens (tertiary/aromatic N) is 3. The number of carbonyl (C=O) groups is 1. The second kappa shape index (κ2) is 5.29. The van der Waals surface area contributed by atoms with Gasteiger partial charge in [-0.1, -0.05) is 0 Å². The average molecular weight is 397 g/mol. The molecule has 0 spiro atoms. The van der Waals surface area contributed by atoms with Crippen LogP contribution in [0.4, 0.5) is 5.82 Å². The summed E-state index contributed by atoms with van der Waals surface area (Å²) < 4.78 is 1.05. The number of carbonyl (C=O) groups excluding carboxylic acids is 1. The summed E-state index contributed by atoms with van der Waals surface area (Å²) in [5.41, 5.74) is 2.13. The Labute approximate surface area is 130 Å². The quantitative estimate of drug-likeness (QED) is 0.696. The lowest BCUT2D eigenvalue weighted by atomic mass is 10.2. The summed E-state index contributed by atoms with van der Waals surface area (Å²) in [6, 6.07) is 5.22. The van der Waals surface area contributed by atoms with E-state index in [4.69, 9.17) is 0 Å². The van der Waals surface area contributed by atoms with Crippen LogP contribution in [-0.4, -0.2) is 25.8 Å². The molecule has 0 unspecified atom stereocenters. The van der Waals surface area contributed by atoms with Gasteiger partial charge in [-0.15, -0.1) is 0 Å². The van der Waals surface area contributed by atoms with Crippen molar-refractivity contribution in [2.75, 3.05) is 5.32 Å². The van der Waals surface area contributed by atoms with Crippen molar-refractivity contribution in [1.29, 1.82) is 0 Å². The Kier molecular flexibility index (Phi) is 3.49. The molecule has 8 heteroatoms. The number of imidazole rings is 1. The molecule has 3 rings (SSSR count). The first-order valence-electron chi connectivity index (χ1n) is 5.56. The summed E-state index contributed by atoms with van der Waals surface area (Å²) >= 11 is 6.45. The van der Waals surface area contributed by atoms with Crippen molar-refractivity contribution in [1.82, 2.24) is 19.9 Å². The Balaban J connectivity index is 1.88. The fourth-order valence-corrected chi connectivity index (χ4v) is 2.60. The van der Waals surface area contributed by atoms with Crippen LogP contribution in [0.25, 0.3) is 11.0 Å². The molecule has 100 valence electrons. The van der Waals surface area contributed by atoms with Crippen molar-refractivity contribution >= 4 is 54.6 Å². The van der Waals surface area contributed by atoms with E-state index in [2.05, 4.69) is 57.1 Å². The molecule has 0 aliphatic heterocycles. The number of fused-ring (bicyclic) bond motifs is 1. The summed E-state index contributed by atoms with van der Waals surface area (Å²) in [4.78, 5) is 27.4. The van der Waals surface area contributed by atoms with Crippen molar-refractivity contribution in [2.24, 2.45) is 0 Å². The van der Waals surface area contributed by atoms with Gasteiger partial charge >= 0.3 is 0 Å². The lowest BCUT2D eigenvalue weighted by Crippen LogP contribution is -2.13. The second-order valence-electron chi connectivity index (χ2n) is 3.92. The fourth-order valence-electron chi connectivity index (χ4n) is 1.69. The first-order valence-corrected chi connectivity index (χ1v) is 7.14. The number of hydrogen-bond acceptors (Lipinski definition) is 4. The average Bonchev–Trinajstić information content (AvgIpc) is 2.89. The van der Waals surface area contributed by atoms with E-state index < -0.39 is 0 Å². The molecule has 0 bridgehead atoms. The van der Waals surface area contributed by atoms with Crippen LogP contribution in [0.3, 0.4) is 0 Å². The lowest BCUT2D eigenvalue weighted by Gasteiger charge is -2.06. The van der Waals surface area contributed by atoms with Gasteiger partial charge in [-0.3, -0.25) is 4.79 Å². The van der Waals surface area contributed by atoms with Crippen LogP contribution in [0.5, 0.6) is 0 Å². The zero-order valence-electron chi connectivity index (χ0n) is 9.89. The van der Waals surface area contributed by atoms with Gasteiger partial charge in [0, 0.05) is 5.56 Å². The van der Waals surface area contributed by atoms with E-state index in [1.807, 2.05) is 0 Å². The standard InChI is InChI=1S/C12H7Br2N5O/c13-9-4-15-11(10(14)18-9)19-12(20)6-1-2-7-8(3-6)17-5-16-7/h1-5H,(H,16,17)(H,15,19,20). The van der Waals surface area contributed by atoms with Gasteiger partial charge in [0.25, 0.3) is 5.91 Å². The highest BCUT2D eigenvalue weighted by molar-refractivity contribution is 9.11. The van der Waals surface area contributed by atoms with Crippen LogP contribution in [0, 0.1) is 0 Å². The summed E-state index contributed by atoms with van der Waals surface area (Å²) in [5, 5.41) is 2.70. The molecule has 2 N–H and O–H groups in total. The topological polar surface area (TPSA) is 83.6 Å². The van der Waals surface area contributed by atoms with E-state index in [9.17, 15) is 4.79 Å². The number of anilines is 1. The highest BCUT2D eigenvalue weighted by atomic mass is 79.9. The fraction of sp³-hybridized carbons (Fsp3) is 0. The van der Waals surface area contributed by atoms with Gasteiger partial charge in [0.15, 0.2) is 5.82 Å². The Hall–Kier alpha value is -1.80. The highest BCUT2D eigenvalue weighted by Gasteiger charge is 2.11. The van der Waals surface area contributed by atoms with Crippen LogP contribution in [-0.2, 0) is 0 Å². The molecule has 0 aliphatic rings. The number of halogens is 2. The van der Waals surface area contributed by atoms with Crippen molar-refractivity contribution in [3.05, 3.63) is 45.5 Å². The monoisotopic (exact) mass is 395 g/mol. The first-order chi connectivity index (χ1) is 9.63. The number of amides is 1. The Morgan fingerprint density at radius 2 is 2.10 bits per heavy atom. The van der Waals surface area contributed by atoms with E-state index in [1.54, 1.807) is 24.5 Å². The molecule has 0 fully saturated rings. The van der Waals surface area contributed by atoms with E-state index in [0.717, 1.165) is 11.0 Å². The van der Waals surface area contributed by atoms with Gasteiger partial charge in [-0.05, 0) is 50.1 Å². The van der Waals surface area contributed by atoms with E-state index >= 15 is 0 Å². The SMILES string of the molecule is O=C(Nc1ncc(Br)nc1Br)c1ccc2nc[nH]c2c1. The number of benzene rings is 1. The van der Waals surface area contributed by atoms with Crippen LogP contribution < -0.4 is 5.32 Å². The molecule has 6 nitrogen and oxygen atoms in total. The second-order valence-corrected chi connectivity index (χ2v) is 5.48. The number of rotatable bonds is 2. The largest absolute Gasteiger partial charge is 0.345 e. The Morgan fingerprint density at radius 1 is 1.25 bits per heavy atom. The number of aromatic nitrogens is 4. The van der Waals surface area contributed by atoms with Crippen molar-refractivity contribution < 1.29 is 4.79 Å². The van der Waals surface area contributed by atoms with Gasteiger partial charge in [0.2, 0.25) is 0 Å². The van der Waals surface area contributed by atoms with Gasteiger partial charge in [0.05, 0.1) is 23.6 Å². The molecule has 0 radical (unpaired) electrons. The molecule has 0 saturated carbocycles. The first kappa shape index (κ1) is 13.2. The van der Waals surface area contributed by atoms with Crippen molar-refractivity contribution in [2.45, 2.75) is 0 Å². The van der Waals surface area contributed by atoms with E-state index in [1.165, 1.54) is 6.20 Å². The normalized spacial score (nSPS) is 10.7. The van der Waals surface area contributed by atoms with Crippen molar-refractivity contribution in [3.63, 3.8) is 0 Å². The third kappa shape index (κ3) is 2.56.